The zero-order valence-corrected chi connectivity index (χ0v) is 9.99. The lowest BCUT2D eigenvalue weighted by atomic mass is 9.99. The molecule has 1 aliphatic carbocycles. The summed E-state index contributed by atoms with van der Waals surface area (Å²) in [4.78, 5) is 12.1. The molecule has 0 aliphatic heterocycles. The minimum atomic E-state index is 0.227. The van der Waals surface area contributed by atoms with E-state index in [0.717, 1.165) is 24.8 Å². The van der Waals surface area contributed by atoms with Crippen molar-refractivity contribution in [2.24, 2.45) is 5.92 Å². The van der Waals surface area contributed by atoms with Gasteiger partial charge in [-0.2, -0.15) is 0 Å². The van der Waals surface area contributed by atoms with E-state index in [1.807, 2.05) is 18.2 Å². The van der Waals surface area contributed by atoms with Gasteiger partial charge in [0, 0.05) is 5.92 Å². The predicted octanol–water partition coefficient (Wildman–Crippen LogP) is 3.85. The third-order valence-electron chi connectivity index (χ3n) is 3.45. The van der Waals surface area contributed by atoms with E-state index in [0.29, 0.717) is 5.78 Å². The molecule has 0 aromatic heterocycles. The highest BCUT2D eigenvalue weighted by atomic mass is 16.1. The molecule has 0 amide bonds. The molecule has 1 aromatic carbocycles. The van der Waals surface area contributed by atoms with E-state index in [1.54, 1.807) is 0 Å². The van der Waals surface area contributed by atoms with Gasteiger partial charge in [0.2, 0.25) is 0 Å². The lowest BCUT2D eigenvalue weighted by molar-refractivity contribution is -0.118. The number of allylic oxidation sites excluding steroid dienone is 2. The lowest BCUT2D eigenvalue weighted by Gasteiger charge is -2.05. The number of hydrogen-bond acceptors (Lipinski definition) is 1. The Bertz CT molecular complexity index is 414. The quantitative estimate of drug-likeness (QED) is 0.747. The van der Waals surface area contributed by atoms with Gasteiger partial charge in [0.25, 0.3) is 0 Å². The zero-order valence-electron chi connectivity index (χ0n) is 9.99. The molecule has 0 fully saturated rings. The first-order valence-corrected chi connectivity index (χ1v) is 6.09. The molecule has 0 spiro atoms. The van der Waals surface area contributed by atoms with E-state index in [1.165, 1.54) is 11.1 Å². The van der Waals surface area contributed by atoms with Crippen LogP contribution >= 0.6 is 0 Å². The SMILES string of the molecule is CCC1=C(c2ccccc2)CC(CC)C1=O. The van der Waals surface area contributed by atoms with Crippen LogP contribution < -0.4 is 0 Å². The van der Waals surface area contributed by atoms with Gasteiger partial charge in [0.1, 0.15) is 0 Å². The van der Waals surface area contributed by atoms with E-state index < -0.39 is 0 Å². The van der Waals surface area contributed by atoms with Crippen molar-refractivity contribution in [1.29, 1.82) is 0 Å². The molecule has 1 aliphatic rings. The molecule has 1 nitrogen and oxygen atoms in total. The maximum atomic E-state index is 12.1. The molecule has 2 rings (SSSR count). The van der Waals surface area contributed by atoms with Gasteiger partial charge < -0.3 is 0 Å². The Morgan fingerprint density at radius 3 is 2.44 bits per heavy atom. The van der Waals surface area contributed by atoms with E-state index in [4.69, 9.17) is 0 Å². The Balaban J connectivity index is 2.40. The maximum absolute atomic E-state index is 12.1. The fourth-order valence-corrected chi connectivity index (χ4v) is 2.51. The Hall–Kier alpha value is -1.37. The van der Waals surface area contributed by atoms with Gasteiger partial charge in [-0.25, -0.2) is 0 Å². The first kappa shape index (κ1) is 11.1. The molecule has 0 radical (unpaired) electrons. The van der Waals surface area contributed by atoms with Gasteiger partial charge in [-0.3, -0.25) is 4.79 Å². The summed E-state index contributed by atoms with van der Waals surface area (Å²) in [6, 6.07) is 10.3. The Kier molecular flexibility index (Phi) is 3.23. The number of ketones is 1. The molecule has 0 N–H and O–H groups in total. The van der Waals surface area contributed by atoms with Crippen molar-refractivity contribution in [3.05, 3.63) is 41.5 Å². The molecule has 0 saturated heterocycles. The average Bonchev–Trinajstić information content (AvgIpc) is 2.66. The molecule has 0 saturated carbocycles. The van der Waals surface area contributed by atoms with E-state index in [9.17, 15) is 4.79 Å². The predicted molar refractivity (Wildman–Crippen MR) is 67.1 cm³/mol. The molecule has 84 valence electrons. The summed E-state index contributed by atoms with van der Waals surface area (Å²) >= 11 is 0. The van der Waals surface area contributed by atoms with Crippen LogP contribution in [0.2, 0.25) is 0 Å². The molecule has 1 heteroatoms. The molecule has 0 bridgehead atoms. The fourth-order valence-electron chi connectivity index (χ4n) is 2.51. The molecule has 1 aromatic rings. The molecule has 1 atom stereocenters. The number of rotatable bonds is 3. The summed E-state index contributed by atoms with van der Waals surface area (Å²) in [6.07, 6.45) is 2.75. The Morgan fingerprint density at radius 2 is 1.88 bits per heavy atom. The maximum Gasteiger partial charge on any atom is 0.162 e. The number of Topliss-reactive ketones (excluding diaryl/α,β-unsaturated/α-hetero) is 1. The molecular weight excluding hydrogens is 196 g/mol. The van der Waals surface area contributed by atoms with Crippen LogP contribution in [0.3, 0.4) is 0 Å². The van der Waals surface area contributed by atoms with Crippen LogP contribution in [0, 0.1) is 5.92 Å². The van der Waals surface area contributed by atoms with Crippen LogP contribution in [0.15, 0.2) is 35.9 Å². The summed E-state index contributed by atoms with van der Waals surface area (Å²) in [7, 11) is 0. The highest BCUT2D eigenvalue weighted by Gasteiger charge is 2.30. The largest absolute Gasteiger partial charge is 0.294 e. The Morgan fingerprint density at radius 1 is 1.19 bits per heavy atom. The van der Waals surface area contributed by atoms with Gasteiger partial charge in [-0.1, -0.05) is 44.2 Å². The molecule has 16 heavy (non-hydrogen) atoms. The normalized spacial score (nSPS) is 20.6. The highest BCUT2D eigenvalue weighted by molar-refractivity contribution is 6.08. The van der Waals surface area contributed by atoms with E-state index in [-0.39, 0.29) is 5.92 Å². The monoisotopic (exact) mass is 214 g/mol. The topological polar surface area (TPSA) is 17.1 Å². The standard InChI is InChI=1S/C15H18O/c1-3-11-10-14(13(4-2)15(11)16)12-8-6-5-7-9-12/h5-9,11H,3-4,10H2,1-2H3. The van der Waals surface area contributed by atoms with Gasteiger partial charge in [0.05, 0.1) is 0 Å². The van der Waals surface area contributed by atoms with Gasteiger partial charge in [0.15, 0.2) is 5.78 Å². The summed E-state index contributed by atoms with van der Waals surface area (Å²) in [5, 5.41) is 0. The van der Waals surface area contributed by atoms with Crippen LogP contribution in [-0.2, 0) is 4.79 Å². The number of carbonyl (C=O) groups is 1. The van der Waals surface area contributed by atoms with Gasteiger partial charge in [-0.15, -0.1) is 0 Å². The molecular formula is C15H18O. The second kappa shape index (κ2) is 4.65. The first-order valence-electron chi connectivity index (χ1n) is 6.09. The van der Waals surface area contributed by atoms with Crippen molar-refractivity contribution >= 4 is 11.4 Å². The van der Waals surface area contributed by atoms with Crippen molar-refractivity contribution in [3.8, 4) is 0 Å². The Labute approximate surface area is 97.2 Å². The number of carbonyl (C=O) groups excluding carboxylic acids is 1. The van der Waals surface area contributed by atoms with Crippen molar-refractivity contribution in [1.82, 2.24) is 0 Å². The summed E-state index contributed by atoms with van der Waals surface area (Å²) in [5.74, 6) is 0.606. The van der Waals surface area contributed by atoms with E-state index in [2.05, 4.69) is 26.0 Å². The van der Waals surface area contributed by atoms with Crippen LogP contribution in [0.25, 0.3) is 5.57 Å². The minimum absolute atomic E-state index is 0.227. The zero-order chi connectivity index (χ0) is 11.5. The van der Waals surface area contributed by atoms with E-state index >= 15 is 0 Å². The summed E-state index contributed by atoms with van der Waals surface area (Å²) in [5.41, 5.74) is 3.56. The second-order valence-electron chi connectivity index (χ2n) is 4.35. The highest BCUT2D eigenvalue weighted by Crippen LogP contribution is 2.37. The smallest absolute Gasteiger partial charge is 0.162 e. The first-order chi connectivity index (χ1) is 7.77. The van der Waals surface area contributed by atoms with Crippen LogP contribution in [-0.4, -0.2) is 5.78 Å². The molecule has 0 heterocycles. The van der Waals surface area contributed by atoms with Crippen LogP contribution in [0.5, 0.6) is 0 Å². The minimum Gasteiger partial charge on any atom is -0.294 e. The summed E-state index contributed by atoms with van der Waals surface area (Å²) < 4.78 is 0. The van der Waals surface area contributed by atoms with Gasteiger partial charge in [-0.05, 0) is 36.0 Å². The third kappa shape index (κ3) is 1.82. The van der Waals surface area contributed by atoms with Gasteiger partial charge >= 0.3 is 0 Å². The molecule has 1 unspecified atom stereocenters. The number of hydrogen-bond donors (Lipinski definition) is 0. The lowest BCUT2D eigenvalue weighted by Crippen LogP contribution is -2.08. The van der Waals surface area contributed by atoms with Crippen molar-refractivity contribution in [2.45, 2.75) is 33.1 Å². The average molecular weight is 214 g/mol. The summed E-state index contributed by atoms with van der Waals surface area (Å²) in [6.45, 7) is 4.18. The number of benzene rings is 1. The van der Waals surface area contributed by atoms with Crippen molar-refractivity contribution < 1.29 is 4.79 Å². The van der Waals surface area contributed by atoms with Crippen LogP contribution in [0.1, 0.15) is 38.7 Å². The van der Waals surface area contributed by atoms with Crippen molar-refractivity contribution in [3.63, 3.8) is 0 Å². The van der Waals surface area contributed by atoms with Crippen molar-refractivity contribution in [2.75, 3.05) is 0 Å². The van der Waals surface area contributed by atoms with Crippen LogP contribution in [0.4, 0.5) is 0 Å². The fraction of sp³-hybridized carbons (Fsp3) is 0.400. The second-order valence-corrected chi connectivity index (χ2v) is 4.35. The third-order valence-corrected chi connectivity index (χ3v) is 3.45.